The average Bonchev–Trinajstić information content (AvgIpc) is 3.52. The largest absolute Gasteiger partial charge is 0.465 e. The van der Waals surface area contributed by atoms with Gasteiger partial charge in [0.25, 0.3) is 0 Å². The van der Waals surface area contributed by atoms with Gasteiger partial charge in [-0.2, -0.15) is 0 Å². The van der Waals surface area contributed by atoms with Crippen LogP contribution in [0.1, 0.15) is 50.7 Å². The molecule has 0 saturated heterocycles. The summed E-state index contributed by atoms with van der Waals surface area (Å²) in [5.41, 5.74) is 1.95. The summed E-state index contributed by atoms with van der Waals surface area (Å²) in [6.07, 6.45) is 4.15. The van der Waals surface area contributed by atoms with Crippen molar-refractivity contribution in [2.45, 2.75) is 50.3 Å². The van der Waals surface area contributed by atoms with Crippen LogP contribution in [0.4, 0.5) is 0 Å². The third kappa shape index (κ3) is 5.73. The molecule has 0 fully saturated rings. The Labute approximate surface area is 224 Å². The molecular weight excluding hydrogens is 500 g/mol. The molecule has 7 heteroatoms. The molecule has 0 aliphatic carbocycles. The molecule has 37 heavy (non-hydrogen) atoms. The Hall–Kier alpha value is -3.16. The van der Waals surface area contributed by atoms with Gasteiger partial charge in [0, 0.05) is 22.2 Å². The maximum Gasteiger partial charge on any atom is 0.319 e. The van der Waals surface area contributed by atoms with E-state index in [2.05, 4.69) is 25.8 Å². The molecule has 2 heterocycles. The molecule has 0 aliphatic heterocycles. The van der Waals surface area contributed by atoms with Crippen LogP contribution < -0.4 is 0 Å². The first-order valence-corrected chi connectivity index (χ1v) is 15.3. The number of benzene rings is 2. The second kappa shape index (κ2) is 10.7. The van der Waals surface area contributed by atoms with Gasteiger partial charge in [0.15, 0.2) is 0 Å². The van der Waals surface area contributed by atoms with Gasteiger partial charge in [-0.25, -0.2) is 4.98 Å². The number of hydrogen-bond donors (Lipinski definition) is 0. The zero-order valence-corrected chi connectivity index (χ0v) is 23.7. The lowest BCUT2D eigenvalue weighted by atomic mass is 9.82. The molecular formula is C30H34N2O3S2. The van der Waals surface area contributed by atoms with Gasteiger partial charge >= 0.3 is 5.97 Å². The van der Waals surface area contributed by atoms with E-state index in [9.17, 15) is 9.00 Å². The second-order valence-electron chi connectivity index (χ2n) is 9.90. The van der Waals surface area contributed by atoms with E-state index in [4.69, 9.17) is 9.72 Å². The van der Waals surface area contributed by atoms with E-state index in [0.29, 0.717) is 18.9 Å². The van der Waals surface area contributed by atoms with Gasteiger partial charge in [0.1, 0.15) is 16.2 Å². The summed E-state index contributed by atoms with van der Waals surface area (Å²) in [5, 5.41) is 0.949. The number of hydrogen-bond acceptors (Lipinski definition) is 5. The molecule has 2 aromatic heterocycles. The maximum atomic E-state index is 13.5. The third-order valence-electron chi connectivity index (χ3n) is 6.38. The molecule has 194 valence electrons. The number of carbonyl (C=O) groups excluding carboxylic acids is 1. The first-order chi connectivity index (χ1) is 17.5. The molecule has 0 spiro atoms. The van der Waals surface area contributed by atoms with E-state index >= 15 is 0 Å². The third-order valence-corrected chi connectivity index (χ3v) is 8.77. The number of rotatable bonds is 9. The molecule has 5 nitrogen and oxygen atoms in total. The van der Waals surface area contributed by atoms with Crippen molar-refractivity contribution in [2.24, 2.45) is 0 Å². The predicted octanol–water partition coefficient (Wildman–Crippen LogP) is 6.49. The van der Waals surface area contributed by atoms with Gasteiger partial charge in [-0.15, -0.1) is 11.3 Å². The molecule has 2 aromatic carbocycles. The van der Waals surface area contributed by atoms with Crippen molar-refractivity contribution in [1.82, 2.24) is 9.55 Å². The van der Waals surface area contributed by atoms with Gasteiger partial charge in [0.05, 0.1) is 12.3 Å². The summed E-state index contributed by atoms with van der Waals surface area (Å²) in [6, 6.07) is 21.8. The number of nitrogens with zero attached hydrogens (tertiary/aromatic N) is 2. The summed E-state index contributed by atoms with van der Waals surface area (Å²) >= 11 is 1.60. The van der Waals surface area contributed by atoms with Crippen molar-refractivity contribution in [3.05, 3.63) is 90.0 Å². The van der Waals surface area contributed by atoms with Gasteiger partial charge in [0.2, 0.25) is 0 Å². The van der Waals surface area contributed by atoms with Gasteiger partial charge in [-0.3, -0.25) is 13.6 Å². The van der Waals surface area contributed by atoms with Crippen LogP contribution in [0.3, 0.4) is 0 Å². The predicted molar refractivity (Wildman–Crippen MR) is 155 cm³/mol. The maximum absolute atomic E-state index is 13.5. The molecule has 0 aliphatic rings. The molecule has 0 saturated carbocycles. The van der Waals surface area contributed by atoms with Crippen LogP contribution in [-0.4, -0.2) is 38.5 Å². The number of imidazole rings is 1. The van der Waals surface area contributed by atoms with E-state index in [0.717, 1.165) is 31.6 Å². The molecule has 4 aromatic rings. The highest BCUT2D eigenvalue weighted by Gasteiger charge is 2.42. The van der Waals surface area contributed by atoms with Crippen molar-refractivity contribution in [2.75, 3.05) is 12.9 Å². The Balaban J connectivity index is 1.84. The van der Waals surface area contributed by atoms with Crippen LogP contribution in [0.15, 0.2) is 77.8 Å². The molecule has 0 bridgehead atoms. The Morgan fingerprint density at radius 3 is 2.51 bits per heavy atom. The number of ether oxygens (including phenoxy) is 1. The highest BCUT2D eigenvalue weighted by Crippen LogP contribution is 2.37. The smallest absolute Gasteiger partial charge is 0.319 e. The summed E-state index contributed by atoms with van der Waals surface area (Å²) in [4.78, 5) is 20.3. The molecule has 0 N–H and O–H groups in total. The van der Waals surface area contributed by atoms with Crippen molar-refractivity contribution in [1.29, 1.82) is 0 Å². The summed E-state index contributed by atoms with van der Waals surface area (Å²) in [7, 11) is -2.32. The molecule has 2 unspecified atom stereocenters. The number of carbonyl (C=O) groups is 1. The van der Waals surface area contributed by atoms with Crippen LogP contribution in [0.2, 0.25) is 0 Å². The van der Waals surface area contributed by atoms with Gasteiger partial charge < -0.3 is 4.74 Å². The Kier molecular flexibility index (Phi) is 7.76. The fraction of sp³-hybridized carbons (Fsp3) is 0.300. The Morgan fingerprint density at radius 2 is 1.86 bits per heavy atom. The highest BCUT2D eigenvalue weighted by atomic mass is 32.2. The summed E-state index contributed by atoms with van der Waals surface area (Å²) in [6.45, 7) is 8.24. The zero-order chi connectivity index (χ0) is 26.8. The lowest BCUT2D eigenvalue weighted by Crippen LogP contribution is -2.39. The van der Waals surface area contributed by atoms with Crippen molar-refractivity contribution in [3.8, 4) is 15.4 Å². The van der Waals surface area contributed by atoms with Crippen molar-refractivity contribution >= 4 is 32.7 Å². The molecule has 2 atom stereocenters. The Bertz CT molecular complexity index is 1500. The number of thiophene rings is 1. The monoisotopic (exact) mass is 534 g/mol. The lowest BCUT2D eigenvalue weighted by Gasteiger charge is -2.27. The van der Waals surface area contributed by atoms with E-state index < -0.39 is 14.9 Å². The minimum absolute atomic E-state index is 0.189. The van der Waals surface area contributed by atoms with Crippen LogP contribution in [-0.2, 0) is 30.9 Å². The fourth-order valence-corrected chi connectivity index (χ4v) is 6.02. The van der Waals surface area contributed by atoms with Crippen molar-refractivity contribution in [3.63, 3.8) is 0 Å². The van der Waals surface area contributed by atoms with Crippen LogP contribution in [0.5, 0.6) is 0 Å². The van der Waals surface area contributed by atoms with E-state index in [1.165, 1.54) is 0 Å². The molecule has 0 radical (unpaired) electrons. The topological polar surface area (TPSA) is 61.2 Å². The van der Waals surface area contributed by atoms with E-state index in [1.54, 1.807) is 17.6 Å². The minimum atomic E-state index is -2.32. The quantitative estimate of drug-likeness (QED) is 0.182. The fourth-order valence-electron chi connectivity index (χ4n) is 4.30. The molecule has 4 rings (SSSR count). The highest BCUT2D eigenvalue weighted by molar-refractivity contribution is 7.99. The summed E-state index contributed by atoms with van der Waals surface area (Å²) < 4.78 is 20.2. The number of esters is 1. The van der Waals surface area contributed by atoms with Gasteiger partial charge in [-0.1, -0.05) is 56.3 Å². The van der Waals surface area contributed by atoms with E-state index in [1.807, 2.05) is 85.3 Å². The van der Waals surface area contributed by atoms with Crippen LogP contribution >= 0.6 is 11.3 Å². The Morgan fingerprint density at radius 1 is 1.14 bits per heavy atom. The normalized spacial score (nSPS) is 14.8. The molecule has 0 amide bonds. The van der Waals surface area contributed by atoms with Crippen LogP contribution in [0.25, 0.3) is 15.4 Å². The van der Waals surface area contributed by atoms with Crippen molar-refractivity contribution < 1.29 is 13.7 Å². The number of aromatic nitrogens is 2. The minimum Gasteiger partial charge on any atom is -0.465 e. The first kappa shape index (κ1) is 26.9. The average molecular weight is 535 g/mol. The standard InChI is InChI=1S/C30H34N2O3S2/c1-7-35-29(33)30(4,19-22-12-9-8-10-13-22)28-31-25(21(2)3)20-32(28)27-17-16-26(36-27)23-14-11-15-24(18-23)37(5,6)34/h8-18,20-21H,5,7,19H2,1-4,6H3. The van der Waals surface area contributed by atoms with Crippen LogP contribution in [0, 0.1) is 0 Å². The van der Waals surface area contributed by atoms with Gasteiger partial charge in [-0.05, 0) is 77.0 Å². The summed E-state index contributed by atoms with van der Waals surface area (Å²) in [5.74, 6) is 4.39. The van der Waals surface area contributed by atoms with E-state index in [-0.39, 0.29) is 11.9 Å². The first-order valence-electron chi connectivity index (χ1n) is 12.4. The zero-order valence-electron chi connectivity index (χ0n) is 22.1. The SMILES string of the molecule is C=S(C)(=O)c1cccc(-c2ccc(-n3cc(C(C)C)nc3C(C)(Cc3ccccc3)C(=O)OCC)s2)c1. The lowest BCUT2D eigenvalue weighted by molar-refractivity contribution is -0.149. The second-order valence-corrected chi connectivity index (χ2v) is 13.4.